The van der Waals surface area contributed by atoms with E-state index in [2.05, 4.69) is 4.37 Å². The van der Waals surface area contributed by atoms with E-state index < -0.39 is 10.7 Å². The number of aryl methyl sites for hydroxylation is 1. The molecule has 6 nitrogen and oxygen atoms in total. The Balaban J connectivity index is 2.42. The summed E-state index contributed by atoms with van der Waals surface area (Å²) >= 11 is 6.59. The molecule has 0 saturated heterocycles. The molecule has 0 unspecified atom stereocenters. The Labute approximate surface area is 115 Å². The monoisotopic (exact) mass is 303 g/mol. The van der Waals surface area contributed by atoms with Crippen LogP contribution in [0.5, 0.6) is 10.8 Å². The highest BCUT2D eigenvalue weighted by Crippen LogP contribution is 2.40. The number of nitrogens with two attached hydrogens (primary N) is 1. The van der Waals surface area contributed by atoms with E-state index in [1.54, 1.807) is 0 Å². The Kier molecular flexibility index (Phi) is 3.54. The van der Waals surface area contributed by atoms with Crippen molar-refractivity contribution in [1.29, 1.82) is 0 Å². The Bertz CT molecular complexity index is 662. The van der Waals surface area contributed by atoms with Crippen molar-refractivity contribution in [1.82, 2.24) is 4.37 Å². The van der Waals surface area contributed by atoms with Gasteiger partial charge in [0.05, 0.1) is 15.6 Å². The number of benzene rings is 1. The normalized spacial score (nSPS) is 10.5. The van der Waals surface area contributed by atoms with E-state index in [1.165, 1.54) is 6.92 Å². The highest BCUT2D eigenvalue weighted by Gasteiger charge is 2.24. The molecule has 0 aliphatic carbocycles. The van der Waals surface area contributed by atoms with Crippen LogP contribution in [0.15, 0.2) is 12.1 Å². The van der Waals surface area contributed by atoms with Crippen LogP contribution in [0.3, 0.4) is 0 Å². The SMILES string of the molecule is Cc1nsc(Oc2cc(N)c(F)cc2Cl)c1[N+](=O)[O-]. The van der Waals surface area contributed by atoms with Crippen LogP contribution in [-0.2, 0) is 0 Å². The maximum atomic E-state index is 13.1. The number of nitrogens with zero attached hydrogens (tertiary/aromatic N) is 2. The van der Waals surface area contributed by atoms with Gasteiger partial charge in [-0.15, -0.1) is 0 Å². The van der Waals surface area contributed by atoms with Gasteiger partial charge in [0.15, 0.2) is 0 Å². The number of halogens is 2. The van der Waals surface area contributed by atoms with Crippen molar-refractivity contribution in [2.45, 2.75) is 6.92 Å². The fraction of sp³-hybridized carbons (Fsp3) is 0.100. The van der Waals surface area contributed by atoms with E-state index in [-0.39, 0.29) is 32.9 Å². The van der Waals surface area contributed by atoms with Gasteiger partial charge in [-0.1, -0.05) is 11.6 Å². The van der Waals surface area contributed by atoms with E-state index in [4.69, 9.17) is 22.1 Å². The third-order valence-corrected chi connectivity index (χ3v) is 3.34. The topological polar surface area (TPSA) is 91.3 Å². The highest BCUT2D eigenvalue weighted by molar-refractivity contribution is 7.08. The molecule has 2 rings (SSSR count). The largest absolute Gasteiger partial charge is 0.437 e. The Morgan fingerprint density at radius 1 is 1.58 bits per heavy atom. The molecule has 0 amide bonds. The first kappa shape index (κ1) is 13.5. The van der Waals surface area contributed by atoms with Crippen molar-refractivity contribution < 1.29 is 14.1 Å². The van der Waals surface area contributed by atoms with Gasteiger partial charge < -0.3 is 10.5 Å². The molecule has 100 valence electrons. The lowest BCUT2D eigenvalue weighted by atomic mass is 10.3. The van der Waals surface area contributed by atoms with Gasteiger partial charge in [0, 0.05) is 17.6 Å². The minimum atomic E-state index is -0.688. The number of nitro groups is 1. The molecule has 2 aromatic rings. The van der Waals surface area contributed by atoms with E-state index in [1.807, 2.05) is 0 Å². The summed E-state index contributed by atoms with van der Waals surface area (Å²) in [5.74, 6) is -0.653. The van der Waals surface area contributed by atoms with Gasteiger partial charge in [0.1, 0.15) is 17.3 Å². The summed E-state index contributed by atoms with van der Waals surface area (Å²) in [7, 11) is 0. The molecule has 0 bridgehead atoms. The second-order valence-corrected chi connectivity index (χ2v) is 4.71. The van der Waals surface area contributed by atoms with Crippen molar-refractivity contribution in [3.63, 3.8) is 0 Å². The summed E-state index contributed by atoms with van der Waals surface area (Å²) in [4.78, 5) is 10.3. The van der Waals surface area contributed by atoms with Gasteiger partial charge in [-0.25, -0.2) is 4.39 Å². The number of aromatic nitrogens is 1. The molecule has 1 heterocycles. The van der Waals surface area contributed by atoms with E-state index >= 15 is 0 Å². The average Bonchev–Trinajstić information content (AvgIpc) is 2.67. The van der Waals surface area contributed by atoms with Crippen molar-refractivity contribution in [3.8, 4) is 10.8 Å². The van der Waals surface area contributed by atoms with Gasteiger partial charge in [-0.05, 0) is 13.0 Å². The molecule has 2 N–H and O–H groups in total. The van der Waals surface area contributed by atoms with E-state index in [0.717, 1.165) is 23.7 Å². The molecule has 0 aliphatic heterocycles. The van der Waals surface area contributed by atoms with Crippen LogP contribution in [0, 0.1) is 22.9 Å². The van der Waals surface area contributed by atoms with Gasteiger partial charge in [-0.3, -0.25) is 10.1 Å². The van der Waals surface area contributed by atoms with Crippen LogP contribution in [0.4, 0.5) is 15.8 Å². The zero-order chi connectivity index (χ0) is 14.2. The predicted octanol–water partition coefficient (Wildman–Crippen LogP) is 3.53. The average molecular weight is 304 g/mol. The number of rotatable bonds is 3. The zero-order valence-electron chi connectivity index (χ0n) is 9.52. The maximum absolute atomic E-state index is 13.1. The first-order chi connectivity index (χ1) is 8.90. The van der Waals surface area contributed by atoms with Gasteiger partial charge in [-0.2, -0.15) is 4.37 Å². The first-order valence-electron chi connectivity index (χ1n) is 4.93. The molecule has 1 aromatic heterocycles. The lowest BCUT2D eigenvalue weighted by molar-refractivity contribution is -0.386. The molecule has 1 aromatic carbocycles. The molecule has 0 radical (unpaired) electrons. The summed E-state index contributed by atoms with van der Waals surface area (Å²) in [5.41, 5.74) is 5.21. The third kappa shape index (κ3) is 2.59. The fourth-order valence-electron chi connectivity index (χ4n) is 1.34. The molecule has 0 saturated carbocycles. The second kappa shape index (κ2) is 4.98. The number of hydrogen-bond acceptors (Lipinski definition) is 6. The number of hydrogen-bond donors (Lipinski definition) is 1. The van der Waals surface area contributed by atoms with Crippen LogP contribution >= 0.6 is 23.1 Å². The van der Waals surface area contributed by atoms with Gasteiger partial charge in [0.25, 0.3) is 5.06 Å². The zero-order valence-corrected chi connectivity index (χ0v) is 11.1. The standard InChI is InChI=1S/C10H7ClFN3O3S/c1-4-9(15(16)17)10(19-14-4)18-8-3-7(13)6(12)2-5(8)11/h2-3H,13H2,1H3. The van der Waals surface area contributed by atoms with Crippen LogP contribution in [-0.4, -0.2) is 9.30 Å². The highest BCUT2D eigenvalue weighted by atomic mass is 35.5. The van der Waals surface area contributed by atoms with Crippen molar-refractivity contribution in [2.24, 2.45) is 0 Å². The summed E-state index contributed by atoms with van der Waals surface area (Å²) in [6.07, 6.45) is 0. The minimum Gasteiger partial charge on any atom is -0.437 e. The number of nitrogen functional groups attached to an aromatic ring is 1. The quantitative estimate of drug-likeness (QED) is 0.532. The predicted molar refractivity (Wildman–Crippen MR) is 69.4 cm³/mol. The summed E-state index contributed by atoms with van der Waals surface area (Å²) < 4.78 is 22.3. The van der Waals surface area contributed by atoms with Crippen molar-refractivity contribution in [3.05, 3.63) is 38.8 Å². The van der Waals surface area contributed by atoms with Gasteiger partial charge >= 0.3 is 5.69 Å². The van der Waals surface area contributed by atoms with E-state index in [9.17, 15) is 14.5 Å². The second-order valence-electron chi connectivity index (χ2n) is 3.57. The van der Waals surface area contributed by atoms with Crippen molar-refractivity contribution in [2.75, 3.05) is 5.73 Å². The molecular weight excluding hydrogens is 297 g/mol. The first-order valence-corrected chi connectivity index (χ1v) is 6.08. The van der Waals surface area contributed by atoms with Crippen LogP contribution in [0.25, 0.3) is 0 Å². The van der Waals surface area contributed by atoms with Crippen LogP contribution in [0.2, 0.25) is 5.02 Å². The molecule has 9 heteroatoms. The summed E-state index contributed by atoms with van der Waals surface area (Å²) in [6, 6.07) is 2.14. The van der Waals surface area contributed by atoms with Crippen LogP contribution < -0.4 is 10.5 Å². The smallest absolute Gasteiger partial charge is 0.345 e. The summed E-state index contributed by atoms with van der Waals surface area (Å²) in [5, 5.41) is 10.8. The molecule has 0 aliphatic rings. The lowest BCUT2D eigenvalue weighted by Gasteiger charge is -2.06. The Morgan fingerprint density at radius 2 is 2.26 bits per heavy atom. The number of anilines is 1. The lowest BCUT2D eigenvalue weighted by Crippen LogP contribution is -1.95. The summed E-state index contributed by atoms with van der Waals surface area (Å²) in [6.45, 7) is 1.49. The van der Waals surface area contributed by atoms with E-state index in [0.29, 0.717) is 0 Å². The molecular formula is C10H7ClFN3O3S. The minimum absolute atomic E-state index is 0.0320. The van der Waals surface area contributed by atoms with Crippen molar-refractivity contribution >= 4 is 34.5 Å². The fourth-order valence-corrected chi connectivity index (χ4v) is 2.27. The van der Waals surface area contributed by atoms with Crippen LogP contribution in [0.1, 0.15) is 5.69 Å². The van der Waals surface area contributed by atoms with Gasteiger partial charge in [0.2, 0.25) is 0 Å². The molecule has 19 heavy (non-hydrogen) atoms. The molecule has 0 spiro atoms. The molecule has 0 atom stereocenters. The maximum Gasteiger partial charge on any atom is 0.345 e. The Morgan fingerprint density at radius 3 is 2.89 bits per heavy atom. The Hall–Kier alpha value is -1.93. The third-order valence-electron chi connectivity index (χ3n) is 2.24. The number of ether oxygens (including phenoxy) is 1. The molecule has 0 fully saturated rings.